The summed E-state index contributed by atoms with van der Waals surface area (Å²) in [5, 5.41) is 6.10. The van der Waals surface area contributed by atoms with Crippen molar-refractivity contribution >= 4 is 44.0 Å². The molecule has 4 aromatic rings. The smallest absolute Gasteiger partial charge is 0.282 e. The fourth-order valence-corrected chi connectivity index (χ4v) is 3.79. The summed E-state index contributed by atoms with van der Waals surface area (Å²) in [6.07, 6.45) is 10.7. The molecule has 0 aliphatic heterocycles. The lowest BCUT2D eigenvalue weighted by molar-refractivity contribution is 0.704. The van der Waals surface area contributed by atoms with Gasteiger partial charge < -0.3 is 4.57 Å². The molecule has 6 heteroatoms. The van der Waals surface area contributed by atoms with E-state index in [0.717, 1.165) is 27.4 Å². The highest BCUT2D eigenvalue weighted by molar-refractivity contribution is 9.10. The van der Waals surface area contributed by atoms with Gasteiger partial charge in [0.15, 0.2) is 0 Å². The zero-order chi connectivity index (χ0) is 20.4. The average Bonchev–Trinajstić information content (AvgIpc) is 3.07. The third kappa shape index (κ3) is 3.62. The van der Waals surface area contributed by atoms with E-state index in [1.54, 1.807) is 12.3 Å². The summed E-state index contributed by atoms with van der Waals surface area (Å²) < 4.78 is 4.24. The molecule has 0 aliphatic rings. The molecule has 0 radical (unpaired) electrons. The maximum absolute atomic E-state index is 13.1. The normalized spacial score (nSPS) is 11.5. The summed E-state index contributed by atoms with van der Waals surface area (Å²) >= 11 is 3.43. The molecule has 144 valence electrons. The molecule has 2 heterocycles. The highest BCUT2D eigenvalue weighted by atomic mass is 79.9. The Morgan fingerprint density at radius 2 is 2.07 bits per heavy atom. The van der Waals surface area contributed by atoms with Gasteiger partial charge in [-0.05, 0) is 30.7 Å². The fourth-order valence-electron chi connectivity index (χ4n) is 3.43. The number of para-hydroxylation sites is 1. The predicted molar refractivity (Wildman–Crippen MR) is 121 cm³/mol. The molecule has 0 saturated carbocycles. The summed E-state index contributed by atoms with van der Waals surface area (Å²) in [5.74, 6) is 3.32. The van der Waals surface area contributed by atoms with E-state index in [1.165, 1.54) is 4.68 Å². The average molecular weight is 447 g/mol. The Morgan fingerprint density at radius 1 is 1.24 bits per heavy atom. The molecule has 0 aliphatic carbocycles. The molecule has 0 saturated heterocycles. The summed E-state index contributed by atoms with van der Waals surface area (Å²) in [5.41, 5.74) is 2.44. The zero-order valence-corrected chi connectivity index (χ0v) is 17.6. The lowest BCUT2D eigenvalue weighted by atomic mass is 10.2. The van der Waals surface area contributed by atoms with Gasteiger partial charge in [-0.1, -0.05) is 47.0 Å². The standard InChI is InChI=1S/C23H19BrN4O/c1-3-7-22-26-20-11-10-17(24)13-19(20)23(29)28(22)25-14-16-15-27(12-4-2)21-9-6-5-8-18(16)21/h2,5-6,8-11,13-15H,3,7,12H2,1H3. The number of fused-ring (bicyclic) bond motifs is 2. The van der Waals surface area contributed by atoms with Crippen LogP contribution in [0.5, 0.6) is 0 Å². The van der Waals surface area contributed by atoms with Gasteiger partial charge in [0.1, 0.15) is 5.82 Å². The number of benzene rings is 2. The number of nitrogens with zero attached hydrogens (tertiary/aromatic N) is 4. The Balaban J connectivity index is 1.88. The van der Waals surface area contributed by atoms with Gasteiger partial charge in [0.05, 0.1) is 23.7 Å². The van der Waals surface area contributed by atoms with E-state index >= 15 is 0 Å². The van der Waals surface area contributed by atoms with E-state index in [0.29, 0.717) is 29.7 Å². The van der Waals surface area contributed by atoms with Gasteiger partial charge in [-0.2, -0.15) is 9.78 Å². The molecule has 4 rings (SSSR count). The molecule has 0 N–H and O–H groups in total. The minimum Gasteiger partial charge on any atom is -0.335 e. The first kappa shape index (κ1) is 19.2. The summed E-state index contributed by atoms with van der Waals surface area (Å²) in [6.45, 7) is 2.53. The van der Waals surface area contributed by atoms with Crippen LogP contribution in [-0.2, 0) is 13.0 Å². The van der Waals surface area contributed by atoms with Gasteiger partial charge in [0.2, 0.25) is 0 Å². The SMILES string of the molecule is C#CCn1cc(C=Nn2c(CCC)nc3ccc(Br)cc3c2=O)c2ccccc21. The lowest BCUT2D eigenvalue weighted by Crippen LogP contribution is -2.22. The van der Waals surface area contributed by atoms with Gasteiger partial charge in [0.25, 0.3) is 5.56 Å². The fraction of sp³-hybridized carbons (Fsp3) is 0.174. The van der Waals surface area contributed by atoms with E-state index in [1.807, 2.05) is 47.2 Å². The number of aromatic nitrogens is 3. The molecule has 0 fully saturated rings. The van der Waals surface area contributed by atoms with E-state index < -0.39 is 0 Å². The van der Waals surface area contributed by atoms with Crippen molar-refractivity contribution in [3.63, 3.8) is 0 Å². The lowest BCUT2D eigenvalue weighted by Gasteiger charge is -2.08. The molecule has 5 nitrogen and oxygen atoms in total. The topological polar surface area (TPSA) is 52.2 Å². The Hall–Kier alpha value is -3.17. The first-order valence-electron chi connectivity index (χ1n) is 9.39. The Bertz CT molecular complexity index is 1340. The van der Waals surface area contributed by atoms with Crippen LogP contribution >= 0.6 is 15.9 Å². The molecular formula is C23H19BrN4O. The highest BCUT2D eigenvalue weighted by Crippen LogP contribution is 2.20. The summed E-state index contributed by atoms with van der Waals surface area (Å²) in [4.78, 5) is 17.8. The van der Waals surface area contributed by atoms with Crippen molar-refractivity contribution in [3.8, 4) is 12.3 Å². The largest absolute Gasteiger partial charge is 0.335 e. The number of halogens is 1. The van der Waals surface area contributed by atoms with Gasteiger partial charge >= 0.3 is 0 Å². The van der Waals surface area contributed by atoms with Crippen LogP contribution in [-0.4, -0.2) is 20.4 Å². The van der Waals surface area contributed by atoms with Crippen LogP contribution in [0.3, 0.4) is 0 Å². The molecule has 0 bridgehead atoms. The van der Waals surface area contributed by atoms with Crippen molar-refractivity contribution in [2.24, 2.45) is 5.10 Å². The third-order valence-electron chi connectivity index (χ3n) is 4.74. The van der Waals surface area contributed by atoms with Crippen LogP contribution < -0.4 is 5.56 Å². The first-order chi connectivity index (χ1) is 14.1. The monoisotopic (exact) mass is 446 g/mol. The van der Waals surface area contributed by atoms with Crippen LogP contribution in [0.4, 0.5) is 0 Å². The highest BCUT2D eigenvalue weighted by Gasteiger charge is 2.11. The molecule has 0 amide bonds. The molecule has 29 heavy (non-hydrogen) atoms. The second kappa shape index (κ2) is 8.06. The molecule has 0 unspecified atom stereocenters. The minimum absolute atomic E-state index is 0.177. The van der Waals surface area contributed by atoms with Crippen molar-refractivity contribution in [2.75, 3.05) is 0 Å². The van der Waals surface area contributed by atoms with Crippen molar-refractivity contribution in [3.05, 3.63) is 74.9 Å². The molecule has 0 spiro atoms. The maximum atomic E-state index is 13.1. The van der Waals surface area contributed by atoms with E-state index in [-0.39, 0.29) is 5.56 Å². The molecule has 2 aromatic heterocycles. The summed E-state index contributed by atoms with van der Waals surface area (Å²) in [6, 6.07) is 13.5. The van der Waals surface area contributed by atoms with Crippen molar-refractivity contribution in [1.29, 1.82) is 0 Å². The van der Waals surface area contributed by atoms with E-state index in [4.69, 9.17) is 6.42 Å². The number of hydrogen-bond donors (Lipinski definition) is 0. The van der Waals surface area contributed by atoms with Crippen molar-refractivity contribution < 1.29 is 0 Å². The van der Waals surface area contributed by atoms with Gasteiger partial charge in [-0.15, -0.1) is 6.42 Å². The number of aryl methyl sites for hydroxylation is 1. The number of terminal acetylenes is 1. The Morgan fingerprint density at radius 3 is 2.86 bits per heavy atom. The van der Waals surface area contributed by atoms with Crippen LogP contribution in [0.15, 0.2) is 63.0 Å². The van der Waals surface area contributed by atoms with Crippen molar-refractivity contribution in [2.45, 2.75) is 26.3 Å². The molecule has 0 atom stereocenters. The second-order valence-corrected chi connectivity index (χ2v) is 7.65. The van der Waals surface area contributed by atoms with Crippen LogP contribution in [0.1, 0.15) is 24.7 Å². The number of hydrogen-bond acceptors (Lipinski definition) is 3. The minimum atomic E-state index is -0.177. The quantitative estimate of drug-likeness (QED) is 0.332. The van der Waals surface area contributed by atoms with Gasteiger partial charge in [0, 0.05) is 33.6 Å². The Kier molecular flexibility index (Phi) is 5.32. The van der Waals surface area contributed by atoms with E-state index in [2.05, 4.69) is 38.9 Å². The first-order valence-corrected chi connectivity index (χ1v) is 10.2. The van der Waals surface area contributed by atoms with Crippen LogP contribution in [0, 0.1) is 12.3 Å². The molecular weight excluding hydrogens is 428 g/mol. The summed E-state index contributed by atoms with van der Waals surface area (Å²) in [7, 11) is 0. The van der Waals surface area contributed by atoms with Crippen LogP contribution in [0.2, 0.25) is 0 Å². The predicted octanol–water partition coefficient (Wildman–Crippen LogP) is 4.58. The van der Waals surface area contributed by atoms with Gasteiger partial charge in [-0.25, -0.2) is 4.98 Å². The van der Waals surface area contributed by atoms with Crippen LogP contribution in [0.25, 0.3) is 21.8 Å². The van der Waals surface area contributed by atoms with Crippen molar-refractivity contribution in [1.82, 2.24) is 14.2 Å². The zero-order valence-electron chi connectivity index (χ0n) is 16.0. The number of rotatable bonds is 5. The Labute approximate surface area is 176 Å². The maximum Gasteiger partial charge on any atom is 0.282 e. The van der Waals surface area contributed by atoms with Gasteiger partial charge in [-0.3, -0.25) is 4.79 Å². The third-order valence-corrected chi connectivity index (χ3v) is 5.24. The van der Waals surface area contributed by atoms with E-state index in [9.17, 15) is 4.79 Å². The molecule has 2 aromatic carbocycles. The second-order valence-electron chi connectivity index (χ2n) is 6.73.